The van der Waals surface area contributed by atoms with Gasteiger partial charge >= 0.3 is 0 Å². The Morgan fingerprint density at radius 2 is 1.76 bits per heavy atom. The van der Waals surface area contributed by atoms with Gasteiger partial charge in [0.25, 0.3) is 5.91 Å². The van der Waals surface area contributed by atoms with Crippen LogP contribution in [0.4, 0.5) is 0 Å². The Morgan fingerprint density at radius 1 is 1.05 bits per heavy atom. The maximum Gasteiger partial charge on any atom is 0.253 e. The van der Waals surface area contributed by atoms with Crippen molar-refractivity contribution in [2.24, 2.45) is 0 Å². The molecular weight excluding hydrogens is 305 g/mol. The van der Waals surface area contributed by atoms with Gasteiger partial charge in [0.05, 0.1) is 16.6 Å². The fraction of sp³-hybridized carbons (Fsp3) is 0.235. The molecule has 2 rings (SSSR count). The molecule has 0 bridgehead atoms. The minimum Gasteiger partial charge on any atom is -0.345 e. The molecule has 2 aromatic carbocycles. The lowest BCUT2D eigenvalue weighted by atomic mass is 10.0. The third-order valence-corrected chi connectivity index (χ3v) is 4.10. The second-order valence-electron chi connectivity index (χ2n) is 5.16. The van der Waals surface area contributed by atoms with Crippen LogP contribution in [0.15, 0.2) is 36.4 Å². The van der Waals surface area contributed by atoms with Crippen LogP contribution in [0.25, 0.3) is 0 Å². The highest BCUT2D eigenvalue weighted by Crippen LogP contribution is 2.22. The van der Waals surface area contributed by atoms with Crippen molar-refractivity contribution in [1.82, 2.24) is 5.32 Å². The van der Waals surface area contributed by atoms with E-state index in [2.05, 4.69) is 31.3 Å². The summed E-state index contributed by atoms with van der Waals surface area (Å²) in [4.78, 5) is 12.3. The van der Waals surface area contributed by atoms with Gasteiger partial charge in [-0.05, 0) is 55.7 Å². The van der Waals surface area contributed by atoms with Gasteiger partial charge in [0.1, 0.15) is 0 Å². The summed E-state index contributed by atoms with van der Waals surface area (Å²) in [5.74, 6) is -0.206. The van der Waals surface area contributed by atoms with Crippen LogP contribution in [0.1, 0.15) is 40.0 Å². The normalized spacial score (nSPS) is 12.0. The number of benzene rings is 2. The monoisotopic (exact) mass is 321 g/mol. The van der Waals surface area contributed by atoms with Crippen LogP contribution >= 0.6 is 23.2 Å². The first kappa shape index (κ1) is 15.9. The summed E-state index contributed by atoms with van der Waals surface area (Å²) >= 11 is 11.9. The van der Waals surface area contributed by atoms with Crippen LogP contribution in [0, 0.1) is 13.8 Å². The lowest BCUT2D eigenvalue weighted by molar-refractivity contribution is 0.0940. The van der Waals surface area contributed by atoms with Gasteiger partial charge < -0.3 is 5.32 Å². The van der Waals surface area contributed by atoms with Gasteiger partial charge in [0.15, 0.2) is 0 Å². The molecule has 0 fully saturated rings. The van der Waals surface area contributed by atoms with Crippen molar-refractivity contribution in [3.63, 3.8) is 0 Å². The molecule has 21 heavy (non-hydrogen) atoms. The molecule has 110 valence electrons. The second kappa shape index (κ2) is 6.50. The highest BCUT2D eigenvalue weighted by molar-refractivity contribution is 6.36. The zero-order valence-electron chi connectivity index (χ0n) is 12.2. The molecule has 1 N–H and O–H groups in total. The van der Waals surface area contributed by atoms with Gasteiger partial charge in [-0.2, -0.15) is 0 Å². The summed E-state index contributed by atoms with van der Waals surface area (Å²) in [5, 5.41) is 3.82. The Hall–Kier alpha value is -1.51. The largest absolute Gasteiger partial charge is 0.345 e. The van der Waals surface area contributed by atoms with Gasteiger partial charge in [-0.3, -0.25) is 4.79 Å². The van der Waals surface area contributed by atoms with Crippen LogP contribution in [0.5, 0.6) is 0 Å². The van der Waals surface area contributed by atoms with E-state index >= 15 is 0 Å². The highest BCUT2D eigenvalue weighted by Gasteiger charge is 2.14. The van der Waals surface area contributed by atoms with E-state index in [0.29, 0.717) is 15.6 Å². The molecule has 1 amide bonds. The molecule has 0 saturated heterocycles. The quantitative estimate of drug-likeness (QED) is 0.837. The topological polar surface area (TPSA) is 29.1 Å². The first-order valence-corrected chi connectivity index (χ1v) is 7.47. The molecule has 4 heteroatoms. The lowest BCUT2D eigenvalue weighted by Crippen LogP contribution is -2.27. The maximum atomic E-state index is 12.3. The van der Waals surface area contributed by atoms with Gasteiger partial charge in [0.2, 0.25) is 0 Å². The first-order chi connectivity index (χ1) is 9.88. The van der Waals surface area contributed by atoms with Crippen molar-refractivity contribution in [3.8, 4) is 0 Å². The fourth-order valence-corrected chi connectivity index (χ4v) is 2.56. The number of amides is 1. The summed E-state index contributed by atoms with van der Waals surface area (Å²) in [6.45, 7) is 6.07. The van der Waals surface area contributed by atoms with E-state index < -0.39 is 0 Å². The Morgan fingerprint density at radius 3 is 2.38 bits per heavy atom. The number of hydrogen-bond donors (Lipinski definition) is 1. The van der Waals surface area contributed by atoms with Crippen LogP contribution in [-0.4, -0.2) is 5.91 Å². The zero-order valence-corrected chi connectivity index (χ0v) is 13.7. The van der Waals surface area contributed by atoms with Crippen molar-refractivity contribution in [2.45, 2.75) is 26.8 Å². The molecule has 0 aromatic heterocycles. The predicted octanol–water partition coefficient (Wildman–Crippen LogP) is 5.10. The Balaban J connectivity index is 2.16. The van der Waals surface area contributed by atoms with Crippen LogP contribution in [0.3, 0.4) is 0 Å². The average Bonchev–Trinajstić information content (AvgIpc) is 2.41. The summed E-state index contributed by atoms with van der Waals surface area (Å²) in [7, 11) is 0. The summed E-state index contributed by atoms with van der Waals surface area (Å²) in [6.07, 6.45) is 0. The predicted molar refractivity (Wildman–Crippen MR) is 88.3 cm³/mol. The molecule has 2 nitrogen and oxygen atoms in total. The molecule has 0 aliphatic heterocycles. The molecule has 2 aromatic rings. The SMILES string of the molecule is Cc1ccc(C(C)NC(=O)c2ccc(Cl)cc2Cl)cc1C. The van der Waals surface area contributed by atoms with Gasteiger partial charge in [0, 0.05) is 5.02 Å². The summed E-state index contributed by atoms with van der Waals surface area (Å²) < 4.78 is 0. The third kappa shape index (κ3) is 3.78. The molecule has 0 radical (unpaired) electrons. The van der Waals surface area contributed by atoms with Crippen molar-refractivity contribution < 1.29 is 4.79 Å². The van der Waals surface area contributed by atoms with Crippen LogP contribution in [-0.2, 0) is 0 Å². The molecule has 0 heterocycles. The zero-order chi connectivity index (χ0) is 15.6. The number of hydrogen-bond acceptors (Lipinski definition) is 1. The molecule has 1 atom stereocenters. The van der Waals surface area contributed by atoms with Gasteiger partial charge in [-0.15, -0.1) is 0 Å². The van der Waals surface area contributed by atoms with E-state index in [-0.39, 0.29) is 11.9 Å². The number of carbonyl (C=O) groups excluding carboxylic acids is 1. The van der Waals surface area contributed by atoms with E-state index in [1.54, 1.807) is 18.2 Å². The number of halogens is 2. The minimum absolute atomic E-state index is 0.0939. The Bertz CT molecular complexity index is 682. The number of carbonyl (C=O) groups is 1. The van der Waals surface area contributed by atoms with Crippen LogP contribution in [0.2, 0.25) is 10.0 Å². The lowest BCUT2D eigenvalue weighted by Gasteiger charge is -2.16. The average molecular weight is 322 g/mol. The molecule has 1 unspecified atom stereocenters. The highest BCUT2D eigenvalue weighted by atomic mass is 35.5. The maximum absolute atomic E-state index is 12.3. The third-order valence-electron chi connectivity index (χ3n) is 3.55. The van der Waals surface area contributed by atoms with E-state index in [4.69, 9.17) is 23.2 Å². The van der Waals surface area contributed by atoms with E-state index in [1.165, 1.54) is 11.1 Å². The molecule has 0 saturated carbocycles. The van der Waals surface area contributed by atoms with E-state index in [9.17, 15) is 4.79 Å². The van der Waals surface area contributed by atoms with Crippen molar-refractivity contribution in [1.29, 1.82) is 0 Å². The fourth-order valence-electron chi connectivity index (χ4n) is 2.07. The van der Waals surface area contributed by atoms with E-state index in [0.717, 1.165) is 5.56 Å². The number of nitrogens with one attached hydrogen (secondary N) is 1. The Kier molecular flexibility index (Phi) is 4.92. The van der Waals surface area contributed by atoms with E-state index in [1.807, 2.05) is 13.0 Å². The number of aryl methyl sites for hydroxylation is 2. The van der Waals surface area contributed by atoms with Crippen LogP contribution < -0.4 is 5.32 Å². The van der Waals surface area contributed by atoms with Gasteiger partial charge in [-0.1, -0.05) is 41.4 Å². The Labute approximate surface area is 135 Å². The molecular formula is C17H17Cl2NO. The molecule has 0 aliphatic carbocycles. The smallest absolute Gasteiger partial charge is 0.253 e. The molecule has 0 aliphatic rings. The van der Waals surface area contributed by atoms with Crippen molar-refractivity contribution in [3.05, 3.63) is 68.7 Å². The van der Waals surface area contributed by atoms with Crippen molar-refractivity contribution in [2.75, 3.05) is 0 Å². The summed E-state index contributed by atoms with van der Waals surface area (Å²) in [5.41, 5.74) is 3.93. The summed E-state index contributed by atoms with van der Waals surface area (Å²) in [6, 6.07) is 10.9. The second-order valence-corrected chi connectivity index (χ2v) is 6.01. The number of rotatable bonds is 3. The van der Waals surface area contributed by atoms with Crippen molar-refractivity contribution >= 4 is 29.1 Å². The van der Waals surface area contributed by atoms with Gasteiger partial charge in [-0.25, -0.2) is 0 Å². The minimum atomic E-state index is -0.206. The first-order valence-electron chi connectivity index (χ1n) is 6.71. The standard InChI is InChI=1S/C17H17Cl2NO/c1-10-4-5-13(8-11(10)2)12(3)20-17(21)15-7-6-14(18)9-16(15)19/h4-9,12H,1-3H3,(H,20,21). The molecule has 0 spiro atoms.